The van der Waals surface area contributed by atoms with Crippen LogP contribution in [0.2, 0.25) is 0 Å². The smallest absolute Gasteiger partial charge is 0.240 e. The van der Waals surface area contributed by atoms with Gasteiger partial charge in [0.25, 0.3) is 0 Å². The van der Waals surface area contributed by atoms with Crippen LogP contribution in [0.5, 0.6) is 0 Å². The Morgan fingerprint density at radius 2 is 1.81 bits per heavy atom. The number of hydrogen-bond acceptors (Lipinski definition) is 5. The van der Waals surface area contributed by atoms with Crippen LogP contribution in [0.3, 0.4) is 0 Å². The topological polar surface area (TPSA) is 78.7 Å². The molecule has 0 aliphatic carbocycles. The maximum Gasteiger partial charge on any atom is 0.240 e. The van der Waals surface area contributed by atoms with E-state index in [0.717, 1.165) is 19.6 Å². The molecule has 1 aromatic heterocycles. The van der Waals surface area contributed by atoms with Crippen LogP contribution < -0.4 is 5.32 Å². The number of amides is 2. The first-order chi connectivity index (χ1) is 12.9. The molecule has 1 aliphatic heterocycles. The van der Waals surface area contributed by atoms with Crippen molar-refractivity contribution in [1.82, 2.24) is 15.0 Å². The second-order valence-corrected chi connectivity index (χ2v) is 7.46. The highest BCUT2D eigenvalue weighted by molar-refractivity contribution is 6.09. The Labute approximate surface area is 159 Å². The molecule has 1 N–H and O–H groups in total. The van der Waals surface area contributed by atoms with Crippen molar-refractivity contribution in [1.29, 1.82) is 0 Å². The van der Waals surface area contributed by atoms with Crippen molar-refractivity contribution in [3.63, 3.8) is 0 Å². The summed E-state index contributed by atoms with van der Waals surface area (Å²) in [5, 5.41) is 6.42. The fraction of sp³-hybridized carbons (Fsp3) is 0.450. The van der Waals surface area contributed by atoms with E-state index in [9.17, 15) is 9.59 Å². The second-order valence-electron chi connectivity index (χ2n) is 7.46. The third-order valence-corrected chi connectivity index (χ3v) is 4.88. The van der Waals surface area contributed by atoms with Gasteiger partial charge in [-0.05, 0) is 26.3 Å². The van der Waals surface area contributed by atoms with Crippen LogP contribution in [0.15, 0.2) is 40.9 Å². The lowest BCUT2D eigenvalue weighted by atomic mass is 9.90. The van der Waals surface area contributed by atoms with Crippen molar-refractivity contribution in [3.8, 4) is 0 Å². The van der Waals surface area contributed by atoms with Crippen molar-refractivity contribution < 1.29 is 14.1 Å². The van der Waals surface area contributed by atoms with E-state index < -0.39 is 5.41 Å². The second kappa shape index (κ2) is 7.92. The van der Waals surface area contributed by atoms with Crippen molar-refractivity contribution >= 4 is 17.6 Å². The van der Waals surface area contributed by atoms with E-state index in [1.165, 1.54) is 5.56 Å². The number of rotatable bonds is 5. The Bertz CT molecular complexity index is 793. The highest BCUT2D eigenvalue weighted by Gasteiger charge is 2.40. The maximum absolute atomic E-state index is 12.9. The molecule has 2 amide bonds. The molecule has 3 rings (SSSR count). The maximum atomic E-state index is 12.9. The number of benzene rings is 1. The predicted octanol–water partition coefficient (Wildman–Crippen LogP) is 2.29. The fourth-order valence-electron chi connectivity index (χ4n) is 3.14. The Kier molecular flexibility index (Phi) is 5.60. The number of piperazine rings is 1. The van der Waals surface area contributed by atoms with Gasteiger partial charge in [-0.15, -0.1) is 0 Å². The molecule has 7 nitrogen and oxygen atoms in total. The van der Waals surface area contributed by atoms with Crippen LogP contribution in [0.25, 0.3) is 0 Å². The Morgan fingerprint density at radius 3 is 2.41 bits per heavy atom. The monoisotopic (exact) mass is 370 g/mol. The first-order valence-electron chi connectivity index (χ1n) is 9.16. The molecule has 0 radical (unpaired) electrons. The van der Waals surface area contributed by atoms with Crippen LogP contribution in [0, 0.1) is 12.3 Å². The van der Waals surface area contributed by atoms with E-state index in [2.05, 4.69) is 27.5 Å². The van der Waals surface area contributed by atoms with Crippen molar-refractivity contribution in [2.75, 3.05) is 31.5 Å². The van der Waals surface area contributed by atoms with Crippen LogP contribution >= 0.6 is 0 Å². The summed E-state index contributed by atoms with van der Waals surface area (Å²) >= 11 is 0. The van der Waals surface area contributed by atoms with Gasteiger partial charge in [-0.3, -0.25) is 14.5 Å². The van der Waals surface area contributed by atoms with Crippen LogP contribution in [-0.4, -0.2) is 52.9 Å². The number of carbonyl (C=O) groups is 2. The molecule has 1 saturated heterocycles. The largest absolute Gasteiger partial charge is 0.360 e. The van der Waals surface area contributed by atoms with Gasteiger partial charge in [-0.1, -0.05) is 35.5 Å². The Hall–Kier alpha value is -2.67. The summed E-state index contributed by atoms with van der Waals surface area (Å²) in [5.74, 6) is 0.377. The van der Waals surface area contributed by atoms with E-state index in [0.29, 0.717) is 24.7 Å². The minimum atomic E-state index is -1.17. The summed E-state index contributed by atoms with van der Waals surface area (Å²) in [6, 6.07) is 11.9. The molecule has 1 fully saturated rings. The third-order valence-electron chi connectivity index (χ3n) is 4.88. The summed E-state index contributed by atoms with van der Waals surface area (Å²) in [7, 11) is 0. The molecule has 1 aromatic carbocycles. The molecule has 144 valence electrons. The zero-order chi connectivity index (χ0) is 19.4. The highest BCUT2D eigenvalue weighted by atomic mass is 16.5. The van der Waals surface area contributed by atoms with E-state index in [1.807, 2.05) is 18.2 Å². The van der Waals surface area contributed by atoms with E-state index >= 15 is 0 Å². The van der Waals surface area contributed by atoms with Crippen LogP contribution in [-0.2, 0) is 16.1 Å². The van der Waals surface area contributed by atoms with Gasteiger partial charge in [0.05, 0.1) is 0 Å². The van der Waals surface area contributed by atoms with Crippen molar-refractivity contribution in [3.05, 3.63) is 47.7 Å². The van der Waals surface area contributed by atoms with Crippen molar-refractivity contribution in [2.45, 2.75) is 27.3 Å². The summed E-state index contributed by atoms with van der Waals surface area (Å²) < 4.78 is 4.95. The highest BCUT2D eigenvalue weighted by Crippen LogP contribution is 2.23. The lowest BCUT2D eigenvalue weighted by molar-refractivity contribution is -0.147. The fourth-order valence-corrected chi connectivity index (χ4v) is 3.14. The Balaban J connectivity index is 1.55. The number of aryl methyl sites for hydroxylation is 1. The van der Waals surface area contributed by atoms with Gasteiger partial charge in [-0.2, -0.15) is 0 Å². The van der Waals surface area contributed by atoms with Crippen LogP contribution in [0.1, 0.15) is 25.2 Å². The molecule has 1 aliphatic rings. The standard InChI is InChI=1S/C20H26N4O3/c1-15-13-17(22-27-15)21-18(25)20(2,3)19(26)24-11-9-23(10-12-24)14-16-7-5-4-6-8-16/h4-8,13H,9-12,14H2,1-3H3,(H,21,22,25). The molecule has 0 atom stereocenters. The van der Waals surface area contributed by atoms with Gasteiger partial charge in [0.1, 0.15) is 11.2 Å². The minimum absolute atomic E-state index is 0.167. The number of anilines is 1. The minimum Gasteiger partial charge on any atom is -0.360 e. The van der Waals surface area contributed by atoms with Crippen molar-refractivity contribution in [2.24, 2.45) is 5.41 Å². The number of aromatic nitrogens is 1. The lowest BCUT2D eigenvalue weighted by Crippen LogP contribution is -2.54. The zero-order valence-corrected chi connectivity index (χ0v) is 16.1. The third kappa shape index (κ3) is 4.54. The molecule has 0 spiro atoms. The number of nitrogens with zero attached hydrogens (tertiary/aromatic N) is 3. The predicted molar refractivity (Wildman–Crippen MR) is 102 cm³/mol. The molecule has 7 heteroatoms. The first kappa shape index (κ1) is 19.1. The van der Waals surface area contributed by atoms with Gasteiger partial charge >= 0.3 is 0 Å². The quantitative estimate of drug-likeness (QED) is 0.817. The SMILES string of the molecule is Cc1cc(NC(=O)C(C)(C)C(=O)N2CCN(Cc3ccccc3)CC2)no1. The van der Waals surface area contributed by atoms with E-state index in [-0.39, 0.29) is 11.8 Å². The molecule has 2 aromatic rings. The average Bonchev–Trinajstić information content (AvgIpc) is 3.07. The summed E-state index contributed by atoms with van der Waals surface area (Å²) in [6.45, 7) is 8.73. The lowest BCUT2D eigenvalue weighted by Gasteiger charge is -2.38. The molecular weight excluding hydrogens is 344 g/mol. The first-order valence-corrected chi connectivity index (χ1v) is 9.16. The summed E-state index contributed by atoms with van der Waals surface area (Å²) in [5.41, 5.74) is 0.0916. The molecule has 2 heterocycles. The Morgan fingerprint density at radius 1 is 1.15 bits per heavy atom. The molecular formula is C20H26N4O3. The summed E-state index contributed by atoms with van der Waals surface area (Å²) in [6.07, 6.45) is 0. The molecule has 0 unspecified atom stereocenters. The van der Waals surface area contributed by atoms with Gasteiger partial charge in [0, 0.05) is 38.8 Å². The van der Waals surface area contributed by atoms with Gasteiger partial charge in [-0.25, -0.2) is 0 Å². The molecule has 0 saturated carbocycles. The molecule has 0 bridgehead atoms. The zero-order valence-electron chi connectivity index (χ0n) is 16.1. The normalized spacial score (nSPS) is 15.6. The average molecular weight is 370 g/mol. The van der Waals surface area contributed by atoms with Crippen LogP contribution in [0.4, 0.5) is 5.82 Å². The van der Waals surface area contributed by atoms with E-state index in [4.69, 9.17) is 4.52 Å². The van der Waals surface area contributed by atoms with E-state index in [1.54, 1.807) is 31.7 Å². The number of carbonyl (C=O) groups excluding carboxylic acids is 2. The molecule has 27 heavy (non-hydrogen) atoms. The number of hydrogen-bond donors (Lipinski definition) is 1. The van der Waals surface area contributed by atoms with Gasteiger partial charge in [0.15, 0.2) is 5.82 Å². The number of nitrogens with one attached hydrogen (secondary N) is 1. The van der Waals surface area contributed by atoms with Gasteiger partial charge < -0.3 is 14.7 Å². The summed E-state index contributed by atoms with van der Waals surface area (Å²) in [4.78, 5) is 29.6. The van der Waals surface area contributed by atoms with Gasteiger partial charge in [0.2, 0.25) is 11.8 Å².